The second-order valence-electron chi connectivity index (χ2n) is 10.0. The summed E-state index contributed by atoms with van der Waals surface area (Å²) in [6, 6.07) is 14.7. The molecule has 36 heavy (non-hydrogen) atoms. The summed E-state index contributed by atoms with van der Waals surface area (Å²) in [7, 11) is 1.57. The minimum absolute atomic E-state index is 0.0840. The predicted molar refractivity (Wildman–Crippen MR) is 137 cm³/mol. The Morgan fingerprint density at radius 3 is 2.06 bits per heavy atom. The fourth-order valence-electron chi connectivity index (χ4n) is 3.45. The Balaban J connectivity index is 2.12. The van der Waals surface area contributed by atoms with Crippen LogP contribution in [0.1, 0.15) is 52.2 Å². The number of carbonyl (C=O) groups excluding carboxylic acids is 3. The van der Waals surface area contributed by atoms with E-state index in [4.69, 9.17) is 14.2 Å². The summed E-state index contributed by atoms with van der Waals surface area (Å²) in [6.07, 6.45) is -0.114. The molecule has 0 spiro atoms. The van der Waals surface area contributed by atoms with Gasteiger partial charge in [-0.15, -0.1) is 0 Å². The largest absolute Gasteiger partial charge is 0.497 e. The van der Waals surface area contributed by atoms with E-state index < -0.39 is 35.7 Å². The molecule has 0 fully saturated rings. The van der Waals surface area contributed by atoms with Crippen LogP contribution < -0.4 is 15.4 Å². The van der Waals surface area contributed by atoms with Crippen molar-refractivity contribution in [1.29, 1.82) is 0 Å². The maximum Gasteiger partial charge on any atom is 0.408 e. The van der Waals surface area contributed by atoms with Gasteiger partial charge in [0.1, 0.15) is 30.0 Å². The summed E-state index contributed by atoms with van der Waals surface area (Å²) in [5.41, 5.74) is 0.932. The first-order valence-corrected chi connectivity index (χ1v) is 12.1. The molecule has 0 aliphatic heterocycles. The number of hydrogen-bond donors (Lipinski definition) is 2. The zero-order valence-electron chi connectivity index (χ0n) is 22.0. The van der Waals surface area contributed by atoms with Crippen LogP contribution in [0.2, 0.25) is 0 Å². The van der Waals surface area contributed by atoms with Gasteiger partial charge in [0.05, 0.1) is 7.11 Å². The number of carbonyl (C=O) groups is 3. The van der Waals surface area contributed by atoms with Gasteiger partial charge in [-0.2, -0.15) is 0 Å². The van der Waals surface area contributed by atoms with Crippen molar-refractivity contribution in [3.63, 3.8) is 0 Å². The van der Waals surface area contributed by atoms with Gasteiger partial charge in [0.25, 0.3) is 0 Å². The first kappa shape index (κ1) is 28.7. The second kappa shape index (κ2) is 13.5. The Labute approximate surface area is 213 Å². The first-order chi connectivity index (χ1) is 17.0. The quantitative estimate of drug-likeness (QED) is 0.445. The third-order valence-corrected chi connectivity index (χ3v) is 5.14. The Morgan fingerprint density at radius 2 is 1.50 bits per heavy atom. The minimum atomic E-state index is -0.943. The normalized spacial score (nSPS) is 12.9. The summed E-state index contributed by atoms with van der Waals surface area (Å²) in [6.45, 7) is 9.27. The van der Waals surface area contributed by atoms with Gasteiger partial charge in [-0.3, -0.25) is 4.79 Å². The van der Waals surface area contributed by atoms with Gasteiger partial charge in [-0.05, 0) is 56.4 Å². The molecule has 2 aromatic rings. The van der Waals surface area contributed by atoms with Gasteiger partial charge in [0.2, 0.25) is 5.91 Å². The Hall–Kier alpha value is -3.55. The molecule has 0 aromatic heterocycles. The van der Waals surface area contributed by atoms with Crippen molar-refractivity contribution in [1.82, 2.24) is 10.6 Å². The number of methoxy groups -OCH3 is 1. The van der Waals surface area contributed by atoms with E-state index >= 15 is 0 Å². The van der Waals surface area contributed by atoms with Crippen LogP contribution in [-0.2, 0) is 32.1 Å². The van der Waals surface area contributed by atoms with Crippen LogP contribution in [0.15, 0.2) is 54.6 Å². The van der Waals surface area contributed by atoms with E-state index in [1.807, 2.05) is 56.3 Å². The van der Waals surface area contributed by atoms with Gasteiger partial charge in [0, 0.05) is 6.42 Å². The lowest BCUT2D eigenvalue weighted by molar-refractivity contribution is -0.158. The van der Waals surface area contributed by atoms with Crippen molar-refractivity contribution >= 4 is 18.0 Å². The molecule has 2 amide bonds. The zero-order chi connectivity index (χ0) is 26.7. The van der Waals surface area contributed by atoms with Crippen LogP contribution in [0.25, 0.3) is 0 Å². The molecule has 2 N–H and O–H groups in total. The molecule has 0 bridgehead atoms. The molecule has 196 valence electrons. The third-order valence-electron chi connectivity index (χ3n) is 5.14. The third kappa shape index (κ3) is 10.4. The molecule has 0 unspecified atom stereocenters. The van der Waals surface area contributed by atoms with E-state index in [1.165, 1.54) is 0 Å². The van der Waals surface area contributed by atoms with Crippen molar-refractivity contribution in [2.75, 3.05) is 7.11 Å². The van der Waals surface area contributed by atoms with E-state index in [-0.39, 0.29) is 18.9 Å². The lowest BCUT2D eigenvalue weighted by Gasteiger charge is -2.27. The molecular weight excluding hydrogens is 460 g/mol. The maximum absolute atomic E-state index is 13.3. The highest BCUT2D eigenvalue weighted by Crippen LogP contribution is 2.16. The minimum Gasteiger partial charge on any atom is -0.497 e. The van der Waals surface area contributed by atoms with E-state index in [2.05, 4.69) is 10.6 Å². The monoisotopic (exact) mass is 498 g/mol. The molecule has 0 aliphatic rings. The van der Waals surface area contributed by atoms with Crippen molar-refractivity contribution in [2.45, 2.75) is 71.8 Å². The van der Waals surface area contributed by atoms with Gasteiger partial charge < -0.3 is 24.8 Å². The van der Waals surface area contributed by atoms with Crippen molar-refractivity contribution in [3.05, 3.63) is 65.7 Å². The molecule has 8 nitrogen and oxygen atoms in total. The summed E-state index contributed by atoms with van der Waals surface area (Å²) < 4.78 is 16.0. The Kier molecular flexibility index (Phi) is 10.8. The standard InChI is InChI=1S/C28H38N2O6/c1-19(2)16-23(30-27(33)35-18-21-10-8-7-9-11-21)25(31)29-24(26(32)36-28(3,4)5)17-20-12-14-22(34-6)15-13-20/h7-15,19,23-24H,16-18H2,1-6H3,(H,29,31)(H,30,33)/t23-,24-/m0/s1. The molecule has 0 saturated carbocycles. The SMILES string of the molecule is COc1ccc(C[C@H](NC(=O)[C@H](CC(C)C)NC(=O)OCc2ccccc2)C(=O)OC(C)(C)C)cc1. The van der Waals surface area contributed by atoms with Gasteiger partial charge in [-0.1, -0.05) is 56.3 Å². The zero-order valence-corrected chi connectivity index (χ0v) is 22.0. The van der Waals surface area contributed by atoms with Crippen LogP contribution in [0.3, 0.4) is 0 Å². The lowest BCUT2D eigenvalue weighted by Crippen LogP contribution is -2.53. The fraction of sp³-hybridized carbons (Fsp3) is 0.464. The van der Waals surface area contributed by atoms with Crippen LogP contribution >= 0.6 is 0 Å². The molecule has 0 heterocycles. The van der Waals surface area contributed by atoms with Crippen LogP contribution in [0.4, 0.5) is 4.79 Å². The number of nitrogens with one attached hydrogen (secondary N) is 2. The average molecular weight is 499 g/mol. The van der Waals surface area contributed by atoms with Crippen molar-refractivity contribution < 1.29 is 28.6 Å². The molecular formula is C28H38N2O6. The molecule has 8 heteroatoms. The van der Waals surface area contributed by atoms with Gasteiger partial charge in [-0.25, -0.2) is 9.59 Å². The Morgan fingerprint density at radius 1 is 0.861 bits per heavy atom. The summed E-state index contributed by atoms with van der Waals surface area (Å²) >= 11 is 0. The number of amides is 2. The number of ether oxygens (including phenoxy) is 3. The summed E-state index contributed by atoms with van der Waals surface area (Å²) in [4.78, 5) is 38.7. The van der Waals surface area contributed by atoms with Crippen LogP contribution in [-0.4, -0.2) is 42.8 Å². The second-order valence-corrected chi connectivity index (χ2v) is 10.0. The molecule has 2 aromatic carbocycles. The van der Waals surface area contributed by atoms with Crippen LogP contribution in [0.5, 0.6) is 5.75 Å². The number of esters is 1. The molecule has 0 saturated heterocycles. The van der Waals surface area contributed by atoms with E-state index in [1.54, 1.807) is 40.0 Å². The van der Waals surface area contributed by atoms with E-state index in [9.17, 15) is 14.4 Å². The molecule has 2 atom stereocenters. The topological polar surface area (TPSA) is 103 Å². The van der Waals surface area contributed by atoms with Crippen molar-refractivity contribution in [3.8, 4) is 5.75 Å². The highest BCUT2D eigenvalue weighted by molar-refractivity contribution is 5.89. The highest BCUT2D eigenvalue weighted by atomic mass is 16.6. The smallest absolute Gasteiger partial charge is 0.408 e. The van der Waals surface area contributed by atoms with Crippen LogP contribution in [0, 0.1) is 5.92 Å². The fourth-order valence-corrected chi connectivity index (χ4v) is 3.45. The lowest BCUT2D eigenvalue weighted by atomic mass is 10.0. The van der Waals surface area contributed by atoms with Gasteiger partial charge >= 0.3 is 12.1 Å². The predicted octanol–water partition coefficient (Wildman–Crippen LogP) is 4.41. The first-order valence-electron chi connectivity index (χ1n) is 12.1. The van der Waals surface area contributed by atoms with Crippen molar-refractivity contribution in [2.24, 2.45) is 5.92 Å². The van der Waals surface area contributed by atoms with E-state index in [0.29, 0.717) is 12.2 Å². The summed E-state index contributed by atoms with van der Waals surface area (Å²) in [5.74, 6) is -0.241. The number of alkyl carbamates (subject to hydrolysis) is 1. The molecule has 2 rings (SSSR count). The maximum atomic E-state index is 13.3. The molecule has 0 aliphatic carbocycles. The number of rotatable bonds is 11. The summed E-state index contributed by atoms with van der Waals surface area (Å²) in [5, 5.41) is 5.43. The number of hydrogen-bond acceptors (Lipinski definition) is 6. The average Bonchev–Trinajstić information content (AvgIpc) is 2.81. The Bertz CT molecular complexity index is 983. The highest BCUT2D eigenvalue weighted by Gasteiger charge is 2.31. The van der Waals surface area contributed by atoms with E-state index in [0.717, 1.165) is 11.1 Å². The number of benzene rings is 2. The molecule has 0 radical (unpaired) electrons. The van der Waals surface area contributed by atoms with Gasteiger partial charge in [0.15, 0.2) is 0 Å².